The van der Waals surface area contributed by atoms with Gasteiger partial charge in [-0.15, -0.1) is 0 Å². The molecule has 0 bridgehead atoms. The van der Waals surface area contributed by atoms with Gasteiger partial charge < -0.3 is 19.9 Å². The molecule has 0 heterocycles. The van der Waals surface area contributed by atoms with Gasteiger partial charge in [-0.3, -0.25) is 4.79 Å². The molecule has 2 N–H and O–H groups in total. The van der Waals surface area contributed by atoms with Crippen LogP contribution in [0.3, 0.4) is 0 Å². The van der Waals surface area contributed by atoms with Crippen LogP contribution in [0.4, 0.5) is 0 Å². The first-order chi connectivity index (χ1) is 9.12. The summed E-state index contributed by atoms with van der Waals surface area (Å²) in [5, 5.41) is 0. The summed E-state index contributed by atoms with van der Waals surface area (Å²) >= 11 is 0. The number of methoxy groups -OCH3 is 1. The van der Waals surface area contributed by atoms with Crippen LogP contribution < -0.4 is 15.2 Å². The van der Waals surface area contributed by atoms with Gasteiger partial charge in [0.1, 0.15) is 0 Å². The zero-order chi connectivity index (χ0) is 14.3. The average Bonchev–Trinajstić information content (AvgIpc) is 2.39. The Morgan fingerprint density at radius 3 is 2.58 bits per heavy atom. The highest BCUT2D eigenvalue weighted by Gasteiger charge is 2.15. The number of rotatable bonds is 7. The minimum Gasteiger partial charge on any atom is -0.493 e. The molecule has 0 saturated heterocycles. The van der Waals surface area contributed by atoms with Gasteiger partial charge in [0.2, 0.25) is 0 Å². The Bertz CT molecular complexity index is 420. The topological polar surface area (TPSA) is 70.8 Å². The maximum absolute atomic E-state index is 11.4. The molecule has 0 radical (unpaired) electrons. The van der Waals surface area contributed by atoms with Crippen LogP contribution >= 0.6 is 0 Å². The fourth-order valence-electron chi connectivity index (χ4n) is 1.71. The number of nitrogens with two attached hydrogens (primary N) is 1. The van der Waals surface area contributed by atoms with Crippen molar-refractivity contribution >= 4 is 5.97 Å². The third-order valence-electron chi connectivity index (χ3n) is 2.61. The molecule has 0 aliphatic rings. The van der Waals surface area contributed by atoms with Crippen LogP contribution in [-0.4, -0.2) is 26.3 Å². The fourth-order valence-corrected chi connectivity index (χ4v) is 1.71. The zero-order valence-electron chi connectivity index (χ0n) is 11.6. The molecule has 0 aliphatic heterocycles. The van der Waals surface area contributed by atoms with Gasteiger partial charge in [-0.05, 0) is 31.5 Å². The number of esters is 1. The van der Waals surface area contributed by atoms with E-state index < -0.39 is 6.04 Å². The summed E-state index contributed by atoms with van der Waals surface area (Å²) in [5.74, 6) is 0.971. The molecule has 19 heavy (non-hydrogen) atoms. The summed E-state index contributed by atoms with van der Waals surface area (Å²) in [6, 6.07) is 5.00. The predicted octanol–water partition coefficient (Wildman–Crippen LogP) is 2.05. The Balaban J connectivity index is 2.80. The highest BCUT2D eigenvalue weighted by Crippen LogP contribution is 2.30. The minimum absolute atomic E-state index is 0.144. The van der Waals surface area contributed by atoms with Gasteiger partial charge in [-0.1, -0.05) is 6.07 Å². The standard InChI is InChI=1S/C14H21NO4/c1-4-18-12-7-6-10(8-13(12)17-3)11(15)9-14(16)19-5-2/h6-8,11H,4-5,9,15H2,1-3H3/t11-/m1/s1. The van der Waals surface area contributed by atoms with E-state index in [1.54, 1.807) is 26.2 Å². The van der Waals surface area contributed by atoms with E-state index in [9.17, 15) is 4.79 Å². The molecule has 0 spiro atoms. The van der Waals surface area contributed by atoms with E-state index in [0.29, 0.717) is 24.7 Å². The first-order valence-corrected chi connectivity index (χ1v) is 6.34. The SMILES string of the molecule is CCOC(=O)C[C@@H](N)c1ccc(OCC)c(OC)c1. The average molecular weight is 267 g/mol. The summed E-state index contributed by atoms with van der Waals surface area (Å²) < 4.78 is 15.5. The molecule has 5 nitrogen and oxygen atoms in total. The number of carbonyl (C=O) groups excluding carboxylic acids is 1. The lowest BCUT2D eigenvalue weighted by atomic mass is 10.0. The van der Waals surface area contributed by atoms with Crippen molar-refractivity contribution in [3.63, 3.8) is 0 Å². The van der Waals surface area contributed by atoms with E-state index >= 15 is 0 Å². The van der Waals surface area contributed by atoms with E-state index in [0.717, 1.165) is 5.56 Å². The molecule has 0 fully saturated rings. The summed E-state index contributed by atoms with van der Waals surface area (Å²) in [4.78, 5) is 11.4. The van der Waals surface area contributed by atoms with Crippen molar-refractivity contribution in [1.29, 1.82) is 0 Å². The Morgan fingerprint density at radius 1 is 1.26 bits per heavy atom. The second-order valence-electron chi connectivity index (χ2n) is 3.96. The van der Waals surface area contributed by atoms with Crippen molar-refractivity contribution in [2.24, 2.45) is 5.73 Å². The van der Waals surface area contributed by atoms with Gasteiger partial charge >= 0.3 is 5.97 Å². The Labute approximate surface area is 113 Å². The number of benzene rings is 1. The van der Waals surface area contributed by atoms with Crippen molar-refractivity contribution in [1.82, 2.24) is 0 Å². The Kier molecular flexibility index (Phi) is 6.15. The molecule has 0 saturated carbocycles. The van der Waals surface area contributed by atoms with E-state index in [1.165, 1.54) is 0 Å². The normalized spacial score (nSPS) is 11.8. The molecule has 1 atom stereocenters. The van der Waals surface area contributed by atoms with Gasteiger partial charge in [0.05, 0.1) is 26.7 Å². The van der Waals surface area contributed by atoms with Gasteiger partial charge in [0.15, 0.2) is 11.5 Å². The third kappa shape index (κ3) is 4.44. The predicted molar refractivity (Wildman–Crippen MR) is 72.3 cm³/mol. The van der Waals surface area contributed by atoms with Crippen molar-refractivity contribution in [3.8, 4) is 11.5 Å². The van der Waals surface area contributed by atoms with Crippen LogP contribution in [0.15, 0.2) is 18.2 Å². The quantitative estimate of drug-likeness (QED) is 0.765. The van der Waals surface area contributed by atoms with Gasteiger partial charge in [0.25, 0.3) is 0 Å². The second-order valence-corrected chi connectivity index (χ2v) is 3.96. The number of carbonyl (C=O) groups is 1. The lowest BCUT2D eigenvalue weighted by Gasteiger charge is -2.15. The molecular weight excluding hydrogens is 246 g/mol. The van der Waals surface area contributed by atoms with E-state index in [2.05, 4.69) is 0 Å². The fraction of sp³-hybridized carbons (Fsp3) is 0.500. The van der Waals surface area contributed by atoms with Gasteiger partial charge in [-0.2, -0.15) is 0 Å². The molecule has 106 valence electrons. The molecular formula is C14H21NO4. The maximum atomic E-state index is 11.4. The Morgan fingerprint density at radius 2 is 2.00 bits per heavy atom. The largest absolute Gasteiger partial charge is 0.493 e. The van der Waals surface area contributed by atoms with Crippen molar-refractivity contribution in [2.75, 3.05) is 20.3 Å². The van der Waals surface area contributed by atoms with Crippen LogP contribution in [0, 0.1) is 0 Å². The number of hydrogen-bond donors (Lipinski definition) is 1. The molecule has 0 aliphatic carbocycles. The summed E-state index contributed by atoms with van der Waals surface area (Å²) in [5.41, 5.74) is 6.79. The molecule has 1 aromatic rings. The first-order valence-electron chi connectivity index (χ1n) is 6.34. The number of hydrogen-bond acceptors (Lipinski definition) is 5. The molecule has 1 aromatic carbocycles. The summed E-state index contributed by atoms with van der Waals surface area (Å²) in [7, 11) is 1.57. The molecule has 0 amide bonds. The highest BCUT2D eigenvalue weighted by molar-refractivity contribution is 5.70. The molecule has 0 unspecified atom stereocenters. The van der Waals surface area contributed by atoms with Crippen LogP contribution in [0.5, 0.6) is 11.5 Å². The second kappa shape index (κ2) is 7.63. The van der Waals surface area contributed by atoms with Gasteiger partial charge in [0, 0.05) is 6.04 Å². The lowest BCUT2D eigenvalue weighted by Crippen LogP contribution is -2.17. The smallest absolute Gasteiger partial charge is 0.307 e. The van der Waals surface area contributed by atoms with Gasteiger partial charge in [-0.25, -0.2) is 0 Å². The highest BCUT2D eigenvalue weighted by atomic mass is 16.5. The number of ether oxygens (including phenoxy) is 3. The zero-order valence-corrected chi connectivity index (χ0v) is 11.6. The lowest BCUT2D eigenvalue weighted by molar-refractivity contribution is -0.143. The van der Waals surface area contributed by atoms with Crippen LogP contribution in [0.25, 0.3) is 0 Å². The monoisotopic (exact) mass is 267 g/mol. The minimum atomic E-state index is -0.413. The van der Waals surface area contributed by atoms with Crippen molar-refractivity contribution in [3.05, 3.63) is 23.8 Å². The molecule has 5 heteroatoms. The Hall–Kier alpha value is -1.75. The van der Waals surface area contributed by atoms with Crippen molar-refractivity contribution < 1.29 is 19.0 Å². The molecule has 0 aromatic heterocycles. The third-order valence-corrected chi connectivity index (χ3v) is 2.61. The van der Waals surface area contributed by atoms with E-state index in [1.807, 2.05) is 13.0 Å². The molecule has 1 rings (SSSR count). The van der Waals surface area contributed by atoms with Crippen LogP contribution in [-0.2, 0) is 9.53 Å². The van der Waals surface area contributed by atoms with Crippen molar-refractivity contribution in [2.45, 2.75) is 26.3 Å². The summed E-state index contributed by atoms with van der Waals surface area (Å²) in [6.07, 6.45) is 0.144. The van der Waals surface area contributed by atoms with Crippen LogP contribution in [0.2, 0.25) is 0 Å². The van der Waals surface area contributed by atoms with E-state index in [4.69, 9.17) is 19.9 Å². The van der Waals surface area contributed by atoms with Crippen LogP contribution in [0.1, 0.15) is 31.9 Å². The summed E-state index contributed by atoms with van der Waals surface area (Å²) in [6.45, 7) is 4.59. The maximum Gasteiger partial charge on any atom is 0.307 e. The van der Waals surface area contributed by atoms with E-state index in [-0.39, 0.29) is 12.4 Å². The first kappa shape index (κ1) is 15.3.